The second-order valence-electron chi connectivity index (χ2n) is 5.26. The van der Waals surface area contributed by atoms with Gasteiger partial charge in [-0.25, -0.2) is 18.1 Å². The summed E-state index contributed by atoms with van der Waals surface area (Å²) in [6.07, 6.45) is 11.0. The summed E-state index contributed by atoms with van der Waals surface area (Å²) in [6, 6.07) is 3.04. The third-order valence-corrected chi connectivity index (χ3v) is 4.92. The van der Waals surface area contributed by atoms with Gasteiger partial charge in [0.1, 0.15) is 10.7 Å². The molecule has 0 fully saturated rings. The van der Waals surface area contributed by atoms with Crippen molar-refractivity contribution in [3.05, 3.63) is 18.3 Å². The standard InChI is InChI=1S/C15H27N3O2S/c1-2-3-4-5-6-7-8-9-13-18-21(19,20)14-11-10-12-17-15(14)16/h10-12,18H,2-9,13H2,1H3,(H2,16,17). The van der Waals surface area contributed by atoms with Gasteiger partial charge in [0.15, 0.2) is 0 Å². The van der Waals surface area contributed by atoms with Crippen LogP contribution in [0.2, 0.25) is 0 Å². The molecule has 1 heterocycles. The van der Waals surface area contributed by atoms with Crippen LogP contribution < -0.4 is 10.5 Å². The lowest BCUT2D eigenvalue weighted by Crippen LogP contribution is -2.25. The number of unbranched alkanes of at least 4 members (excludes halogenated alkanes) is 7. The van der Waals surface area contributed by atoms with Crippen LogP contribution in [0, 0.1) is 0 Å². The minimum Gasteiger partial charge on any atom is -0.383 e. The van der Waals surface area contributed by atoms with Crippen molar-refractivity contribution in [1.29, 1.82) is 0 Å². The van der Waals surface area contributed by atoms with Crippen LogP contribution in [0.4, 0.5) is 5.82 Å². The minimum atomic E-state index is -3.53. The van der Waals surface area contributed by atoms with Gasteiger partial charge >= 0.3 is 0 Å². The highest BCUT2D eigenvalue weighted by Crippen LogP contribution is 2.14. The Labute approximate surface area is 128 Å². The molecule has 6 heteroatoms. The second kappa shape index (κ2) is 9.73. The maximum atomic E-state index is 12.0. The molecule has 0 aliphatic rings. The number of hydrogen-bond acceptors (Lipinski definition) is 4. The Morgan fingerprint density at radius 3 is 2.33 bits per heavy atom. The molecule has 0 bridgehead atoms. The summed E-state index contributed by atoms with van der Waals surface area (Å²) in [7, 11) is -3.53. The topological polar surface area (TPSA) is 85.1 Å². The SMILES string of the molecule is CCCCCCCCCCNS(=O)(=O)c1cccnc1N. The van der Waals surface area contributed by atoms with Crippen molar-refractivity contribution in [1.82, 2.24) is 9.71 Å². The maximum absolute atomic E-state index is 12.0. The number of nitrogens with zero attached hydrogens (tertiary/aromatic N) is 1. The summed E-state index contributed by atoms with van der Waals surface area (Å²) in [5.41, 5.74) is 5.59. The molecule has 120 valence electrons. The van der Waals surface area contributed by atoms with E-state index in [9.17, 15) is 8.42 Å². The fraction of sp³-hybridized carbons (Fsp3) is 0.667. The number of nitrogens with one attached hydrogen (secondary N) is 1. The van der Waals surface area contributed by atoms with Crippen molar-refractivity contribution >= 4 is 15.8 Å². The average molecular weight is 313 g/mol. The predicted molar refractivity (Wildman–Crippen MR) is 86.4 cm³/mol. The summed E-state index contributed by atoms with van der Waals surface area (Å²) < 4.78 is 26.6. The lowest BCUT2D eigenvalue weighted by atomic mass is 10.1. The summed E-state index contributed by atoms with van der Waals surface area (Å²) in [5.74, 6) is 0.0425. The molecule has 21 heavy (non-hydrogen) atoms. The van der Waals surface area contributed by atoms with Gasteiger partial charge in [-0.15, -0.1) is 0 Å². The third kappa shape index (κ3) is 6.91. The van der Waals surface area contributed by atoms with Crippen LogP contribution in [-0.4, -0.2) is 19.9 Å². The van der Waals surface area contributed by atoms with Crippen LogP contribution in [0.1, 0.15) is 58.3 Å². The fourth-order valence-electron chi connectivity index (χ4n) is 2.17. The van der Waals surface area contributed by atoms with Crippen molar-refractivity contribution in [3.8, 4) is 0 Å². The molecule has 5 nitrogen and oxygen atoms in total. The zero-order valence-electron chi connectivity index (χ0n) is 12.8. The van der Waals surface area contributed by atoms with E-state index in [4.69, 9.17) is 5.73 Å². The van der Waals surface area contributed by atoms with Gasteiger partial charge in [-0.2, -0.15) is 0 Å². The number of nitrogens with two attached hydrogens (primary N) is 1. The zero-order chi connectivity index (χ0) is 15.6. The molecule has 1 aromatic rings. The van der Waals surface area contributed by atoms with Crippen molar-refractivity contribution < 1.29 is 8.42 Å². The Hall–Kier alpha value is -1.14. The molecule has 0 saturated heterocycles. The number of anilines is 1. The maximum Gasteiger partial charge on any atom is 0.244 e. The number of rotatable bonds is 11. The number of aromatic nitrogens is 1. The van der Waals surface area contributed by atoms with E-state index in [0.717, 1.165) is 12.8 Å². The predicted octanol–water partition coefficient (Wildman–Crippen LogP) is 3.08. The molecular weight excluding hydrogens is 286 g/mol. The highest BCUT2D eigenvalue weighted by Gasteiger charge is 2.16. The lowest BCUT2D eigenvalue weighted by Gasteiger charge is -2.08. The van der Waals surface area contributed by atoms with Crippen LogP contribution in [0.25, 0.3) is 0 Å². The normalized spacial score (nSPS) is 11.7. The van der Waals surface area contributed by atoms with Crippen molar-refractivity contribution in [3.63, 3.8) is 0 Å². The molecule has 0 atom stereocenters. The molecule has 0 amide bonds. The highest BCUT2D eigenvalue weighted by atomic mass is 32.2. The van der Waals surface area contributed by atoms with E-state index in [1.165, 1.54) is 50.8 Å². The quantitative estimate of drug-likeness (QED) is 0.615. The smallest absolute Gasteiger partial charge is 0.244 e. The number of pyridine rings is 1. The molecule has 0 saturated carbocycles. The zero-order valence-corrected chi connectivity index (χ0v) is 13.7. The first-order chi connectivity index (χ1) is 10.1. The van der Waals surface area contributed by atoms with Gasteiger partial charge in [0.2, 0.25) is 10.0 Å². The second-order valence-corrected chi connectivity index (χ2v) is 6.99. The van der Waals surface area contributed by atoms with Gasteiger partial charge in [-0.3, -0.25) is 0 Å². The molecule has 0 aliphatic heterocycles. The number of nitrogen functional groups attached to an aromatic ring is 1. The molecule has 1 rings (SSSR count). The fourth-order valence-corrected chi connectivity index (χ4v) is 3.33. The molecule has 0 radical (unpaired) electrons. The molecule has 1 aromatic heterocycles. The molecule has 0 aliphatic carbocycles. The van der Waals surface area contributed by atoms with E-state index in [2.05, 4.69) is 16.6 Å². The van der Waals surface area contributed by atoms with E-state index >= 15 is 0 Å². The Balaban J connectivity index is 2.19. The van der Waals surface area contributed by atoms with Crippen molar-refractivity contribution in [2.75, 3.05) is 12.3 Å². The first-order valence-corrected chi connectivity index (χ1v) is 9.26. The summed E-state index contributed by atoms with van der Waals surface area (Å²) in [5, 5.41) is 0. The van der Waals surface area contributed by atoms with E-state index in [1.54, 1.807) is 6.07 Å². The minimum absolute atomic E-state index is 0.0425. The van der Waals surface area contributed by atoms with E-state index in [1.807, 2.05) is 0 Å². The molecule has 0 aromatic carbocycles. The van der Waals surface area contributed by atoms with Gasteiger partial charge < -0.3 is 5.73 Å². The molecular formula is C15H27N3O2S. The van der Waals surface area contributed by atoms with Gasteiger partial charge in [0.05, 0.1) is 0 Å². The van der Waals surface area contributed by atoms with Crippen LogP contribution in [0.5, 0.6) is 0 Å². The van der Waals surface area contributed by atoms with Crippen molar-refractivity contribution in [2.45, 2.75) is 63.2 Å². The molecule has 0 unspecified atom stereocenters. The summed E-state index contributed by atoms with van der Waals surface area (Å²) in [4.78, 5) is 3.86. The largest absolute Gasteiger partial charge is 0.383 e. The highest BCUT2D eigenvalue weighted by molar-refractivity contribution is 7.89. The Morgan fingerprint density at radius 1 is 1.10 bits per heavy atom. The monoisotopic (exact) mass is 313 g/mol. The van der Waals surface area contributed by atoms with Crippen LogP contribution in [0.15, 0.2) is 23.2 Å². The lowest BCUT2D eigenvalue weighted by molar-refractivity contribution is 0.559. The Morgan fingerprint density at radius 2 is 1.71 bits per heavy atom. The molecule has 0 spiro atoms. The number of sulfonamides is 1. The first-order valence-electron chi connectivity index (χ1n) is 7.78. The van der Waals surface area contributed by atoms with Crippen molar-refractivity contribution in [2.24, 2.45) is 0 Å². The number of hydrogen-bond donors (Lipinski definition) is 2. The van der Waals surface area contributed by atoms with E-state index in [0.29, 0.717) is 6.54 Å². The summed E-state index contributed by atoms with van der Waals surface area (Å²) >= 11 is 0. The van der Waals surface area contributed by atoms with Gasteiger partial charge in [0, 0.05) is 12.7 Å². The van der Waals surface area contributed by atoms with Crippen LogP contribution >= 0.6 is 0 Å². The van der Waals surface area contributed by atoms with Crippen LogP contribution in [-0.2, 0) is 10.0 Å². The summed E-state index contributed by atoms with van der Waals surface area (Å²) in [6.45, 7) is 2.66. The Bertz CT molecular complexity index is 503. The van der Waals surface area contributed by atoms with E-state index in [-0.39, 0.29) is 10.7 Å². The third-order valence-electron chi connectivity index (χ3n) is 3.41. The van der Waals surface area contributed by atoms with Gasteiger partial charge in [0.25, 0.3) is 0 Å². The average Bonchev–Trinajstić information content (AvgIpc) is 2.46. The molecule has 3 N–H and O–H groups in total. The Kier molecular flexibility index (Phi) is 8.30. The first kappa shape index (κ1) is 17.9. The van der Waals surface area contributed by atoms with E-state index < -0.39 is 10.0 Å². The van der Waals surface area contributed by atoms with Crippen LogP contribution in [0.3, 0.4) is 0 Å². The van der Waals surface area contributed by atoms with Gasteiger partial charge in [-0.1, -0.05) is 51.9 Å². The van der Waals surface area contributed by atoms with Gasteiger partial charge in [-0.05, 0) is 18.6 Å².